The van der Waals surface area contributed by atoms with Crippen LogP contribution in [0, 0.1) is 0 Å². The van der Waals surface area contributed by atoms with Crippen LogP contribution in [0.3, 0.4) is 0 Å². The Morgan fingerprint density at radius 2 is 1.91 bits per heavy atom. The van der Waals surface area contributed by atoms with E-state index in [1.807, 2.05) is 0 Å². The Bertz CT molecular complexity index is 810. The van der Waals surface area contributed by atoms with E-state index in [1.54, 1.807) is 30.3 Å². The zero-order valence-electron chi connectivity index (χ0n) is 11.5. The van der Waals surface area contributed by atoms with E-state index in [0.717, 1.165) is 17.3 Å². The Balaban J connectivity index is 2.02. The highest BCUT2D eigenvalue weighted by molar-refractivity contribution is 5.77. The lowest BCUT2D eigenvalue weighted by atomic mass is 10.1. The lowest BCUT2D eigenvalue weighted by Crippen LogP contribution is -2.24. The molecule has 0 aliphatic heterocycles. The summed E-state index contributed by atoms with van der Waals surface area (Å²) in [5, 5.41) is 6.87. The molecule has 0 saturated carbocycles. The number of halogens is 3. The van der Waals surface area contributed by atoms with Gasteiger partial charge in [0.05, 0.1) is 0 Å². The first kappa shape index (κ1) is 14.9. The van der Waals surface area contributed by atoms with Crippen molar-refractivity contribution in [3.05, 3.63) is 60.2 Å². The van der Waals surface area contributed by atoms with Gasteiger partial charge in [0.15, 0.2) is 0 Å². The first-order valence-corrected chi connectivity index (χ1v) is 6.41. The van der Waals surface area contributed by atoms with Crippen LogP contribution in [0.2, 0.25) is 0 Å². The van der Waals surface area contributed by atoms with E-state index in [1.165, 1.54) is 0 Å². The van der Waals surface area contributed by atoms with Gasteiger partial charge in [0.2, 0.25) is 0 Å². The highest BCUT2D eigenvalue weighted by Crippen LogP contribution is 2.26. The second-order valence-corrected chi connectivity index (χ2v) is 4.55. The number of benzene rings is 1. The Hall–Kier alpha value is -3.04. The fourth-order valence-corrected chi connectivity index (χ4v) is 1.91. The van der Waals surface area contributed by atoms with Gasteiger partial charge < -0.3 is 0 Å². The number of carbonyl (C=O) groups excluding carboxylic acids is 1. The Morgan fingerprint density at radius 1 is 1.17 bits per heavy atom. The summed E-state index contributed by atoms with van der Waals surface area (Å²) in [6, 6.07) is 7.78. The number of rotatable bonds is 2. The number of nitrogens with zero attached hydrogens (tertiary/aromatic N) is 6. The summed E-state index contributed by atoms with van der Waals surface area (Å²) in [6.45, 7) is 0. The summed E-state index contributed by atoms with van der Waals surface area (Å²) in [4.78, 5) is 19.2. The average Bonchev–Trinajstić information content (AvgIpc) is 3.16. The smallest absolute Gasteiger partial charge is 0.243 e. The van der Waals surface area contributed by atoms with Crippen molar-refractivity contribution in [3.63, 3.8) is 0 Å². The van der Waals surface area contributed by atoms with Gasteiger partial charge in [-0.15, -0.1) is 5.10 Å². The van der Waals surface area contributed by atoms with Crippen LogP contribution in [0.15, 0.2) is 43.0 Å². The summed E-state index contributed by atoms with van der Waals surface area (Å²) >= 11 is 0. The fourth-order valence-electron chi connectivity index (χ4n) is 1.91. The third-order valence-corrected chi connectivity index (χ3v) is 2.93. The van der Waals surface area contributed by atoms with E-state index >= 15 is 0 Å². The van der Waals surface area contributed by atoms with Crippen LogP contribution in [-0.4, -0.2) is 35.6 Å². The molecule has 0 aliphatic carbocycles. The van der Waals surface area contributed by atoms with Crippen LogP contribution in [0.5, 0.6) is 0 Å². The van der Waals surface area contributed by atoms with Crippen LogP contribution < -0.4 is 0 Å². The van der Waals surface area contributed by atoms with Crippen molar-refractivity contribution in [1.29, 1.82) is 0 Å². The zero-order chi connectivity index (χ0) is 16.4. The van der Waals surface area contributed by atoms with E-state index in [4.69, 9.17) is 0 Å². The van der Waals surface area contributed by atoms with Crippen molar-refractivity contribution in [3.8, 4) is 0 Å². The van der Waals surface area contributed by atoms with Crippen molar-refractivity contribution in [2.45, 2.75) is 12.6 Å². The molecular formula is C13H9F3N6O. The zero-order valence-corrected chi connectivity index (χ0v) is 11.5. The number of carbonyl (C=O) groups is 1. The molecule has 23 heavy (non-hydrogen) atoms. The maximum Gasteiger partial charge on any atom is 0.453 e. The molecule has 1 aromatic carbocycles. The van der Waals surface area contributed by atoms with E-state index in [2.05, 4.69) is 20.2 Å². The third kappa shape index (κ3) is 3.10. The molecule has 3 aromatic rings. The normalized spacial score (nSPS) is 11.6. The van der Waals surface area contributed by atoms with Gasteiger partial charge in [-0.1, -0.05) is 30.3 Å². The van der Waals surface area contributed by atoms with Crippen LogP contribution in [0.25, 0.3) is 0 Å². The minimum Gasteiger partial charge on any atom is -0.243 e. The van der Waals surface area contributed by atoms with Gasteiger partial charge in [0, 0.05) is 6.42 Å². The molecule has 0 aliphatic rings. The summed E-state index contributed by atoms with van der Waals surface area (Å²) in [5.74, 6) is -1.51. The molecule has 2 aromatic heterocycles. The van der Waals surface area contributed by atoms with E-state index in [0.29, 0.717) is 10.2 Å². The first-order valence-electron chi connectivity index (χ1n) is 6.41. The van der Waals surface area contributed by atoms with Crippen molar-refractivity contribution in [2.75, 3.05) is 0 Å². The van der Waals surface area contributed by atoms with Gasteiger partial charge in [0.25, 0.3) is 5.82 Å². The van der Waals surface area contributed by atoms with Gasteiger partial charge in [-0.3, -0.25) is 0 Å². The molecule has 2 heterocycles. The highest BCUT2D eigenvalue weighted by atomic mass is 19.4. The second kappa shape index (κ2) is 5.63. The molecule has 0 bridgehead atoms. The van der Waals surface area contributed by atoms with Crippen molar-refractivity contribution in [2.24, 2.45) is 0 Å². The monoisotopic (exact) mass is 322 g/mol. The highest BCUT2D eigenvalue weighted by Gasteiger charge is 2.38. The summed E-state index contributed by atoms with van der Waals surface area (Å²) in [5.41, 5.74) is 0.696. The lowest BCUT2D eigenvalue weighted by molar-refractivity contribution is -0.144. The number of aromatic nitrogens is 6. The third-order valence-electron chi connectivity index (χ3n) is 2.93. The molecule has 0 N–H and O–H groups in total. The molecule has 0 atom stereocenters. The average molecular weight is 322 g/mol. The fraction of sp³-hybridized carbons (Fsp3) is 0.154. The first-order chi connectivity index (χ1) is 10.9. The molecule has 0 fully saturated rings. The van der Waals surface area contributed by atoms with Crippen LogP contribution in [0.4, 0.5) is 18.0 Å². The lowest BCUT2D eigenvalue weighted by Gasteiger charge is -2.03. The van der Waals surface area contributed by atoms with E-state index in [9.17, 15) is 18.0 Å². The summed E-state index contributed by atoms with van der Waals surface area (Å²) in [6.07, 6.45) is -2.57. The molecule has 118 valence electrons. The maximum absolute atomic E-state index is 12.8. The summed E-state index contributed by atoms with van der Waals surface area (Å²) in [7, 11) is 0. The molecule has 10 heteroatoms. The molecule has 0 saturated heterocycles. The van der Waals surface area contributed by atoms with Gasteiger partial charge in [0.1, 0.15) is 18.5 Å². The van der Waals surface area contributed by atoms with Crippen molar-refractivity contribution < 1.29 is 18.0 Å². The Labute approximate surface area is 127 Å². The molecule has 0 amide bonds. The van der Waals surface area contributed by atoms with Crippen LogP contribution in [0.1, 0.15) is 17.2 Å². The molecule has 0 unspecified atom stereocenters. The molecule has 0 spiro atoms. The predicted octanol–water partition coefficient (Wildman–Crippen LogP) is 2.00. The van der Waals surface area contributed by atoms with Crippen LogP contribution in [-0.2, 0) is 12.6 Å². The standard InChI is InChI=1S/C13H9F3N6O/c14-13(15,16)11-19-10(6-9-4-2-1-3-5-9)22(20-11)12(23)21-8-17-7-18-21/h1-5,7-8H,6H2. The maximum atomic E-state index is 12.8. The largest absolute Gasteiger partial charge is 0.453 e. The SMILES string of the molecule is O=C(n1cncn1)n1nc(C(F)(F)F)nc1Cc1ccccc1. The number of hydrogen-bond acceptors (Lipinski definition) is 5. The topological polar surface area (TPSA) is 78.5 Å². The van der Waals surface area contributed by atoms with Gasteiger partial charge in [-0.05, 0) is 5.56 Å². The Morgan fingerprint density at radius 3 is 2.52 bits per heavy atom. The second-order valence-electron chi connectivity index (χ2n) is 4.55. The van der Waals surface area contributed by atoms with E-state index in [-0.39, 0.29) is 12.2 Å². The van der Waals surface area contributed by atoms with Crippen LogP contribution >= 0.6 is 0 Å². The molecule has 0 radical (unpaired) electrons. The van der Waals surface area contributed by atoms with Gasteiger partial charge in [-0.2, -0.15) is 27.6 Å². The molecule has 3 rings (SSSR count). The minimum atomic E-state index is -4.75. The Kier molecular flexibility index (Phi) is 3.64. The van der Waals surface area contributed by atoms with Crippen molar-refractivity contribution >= 4 is 6.03 Å². The summed E-state index contributed by atoms with van der Waals surface area (Å²) < 4.78 is 39.9. The van der Waals surface area contributed by atoms with Gasteiger partial charge in [-0.25, -0.2) is 14.8 Å². The van der Waals surface area contributed by atoms with Crippen molar-refractivity contribution in [1.82, 2.24) is 29.5 Å². The molecular weight excluding hydrogens is 313 g/mol. The van der Waals surface area contributed by atoms with E-state index < -0.39 is 18.0 Å². The molecule has 7 nitrogen and oxygen atoms in total. The number of hydrogen-bond donors (Lipinski definition) is 0. The predicted molar refractivity (Wildman–Crippen MR) is 70.5 cm³/mol. The number of alkyl halides is 3. The quantitative estimate of drug-likeness (QED) is 0.721. The minimum absolute atomic E-state index is 0.0182. The van der Waals surface area contributed by atoms with Gasteiger partial charge >= 0.3 is 12.2 Å².